The maximum atomic E-state index is 12.6. The number of aromatic amines is 2. The van der Waals surface area contributed by atoms with Gasteiger partial charge in [-0.25, -0.2) is 0 Å². The molecule has 2 aromatic heterocycles. The highest BCUT2D eigenvalue weighted by Gasteiger charge is 2.33. The highest BCUT2D eigenvalue weighted by Crippen LogP contribution is 2.36. The van der Waals surface area contributed by atoms with Crippen LogP contribution in [0.3, 0.4) is 0 Å². The summed E-state index contributed by atoms with van der Waals surface area (Å²) in [6, 6.07) is 8.58. The summed E-state index contributed by atoms with van der Waals surface area (Å²) in [6.07, 6.45) is -0.0717. The molecule has 2 N–H and O–H groups in total. The van der Waals surface area contributed by atoms with Crippen molar-refractivity contribution in [2.45, 2.75) is 19.3 Å². The molecule has 4 rings (SSSR count). The summed E-state index contributed by atoms with van der Waals surface area (Å²) >= 11 is 0. The number of fused-ring (bicyclic) bond motifs is 2. The molecule has 0 saturated carbocycles. The van der Waals surface area contributed by atoms with Gasteiger partial charge < -0.3 is 19.4 Å². The maximum absolute atomic E-state index is 12.6. The van der Waals surface area contributed by atoms with Crippen molar-refractivity contribution in [3.63, 3.8) is 0 Å². The van der Waals surface area contributed by atoms with E-state index >= 15 is 0 Å². The van der Waals surface area contributed by atoms with Gasteiger partial charge in [0.15, 0.2) is 0 Å². The van der Waals surface area contributed by atoms with Crippen LogP contribution in [0.15, 0.2) is 39.9 Å². The number of rotatable bonds is 2. The van der Waals surface area contributed by atoms with Gasteiger partial charge in [-0.15, -0.1) is 0 Å². The van der Waals surface area contributed by atoms with Crippen LogP contribution in [-0.4, -0.2) is 23.0 Å². The molecule has 0 aliphatic carbocycles. The smallest absolute Gasteiger partial charge is 0.312 e. The molecule has 0 radical (unpaired) electrons. The standard InChI is InChI=1S/C19H16N2O5/c1-9-5-15-17(19(24)20-9)12(8-16(22)26-15)13-7-10-6-11(25-2)3-4-14(10)21-18(13)23/h3-7,12H,8H2,1-2H3,(H,20,24)(H,21,23). The predicted molar refractivity (Wildman–Crippen MR) is 95.0 cm³/mol. The second-order valence-electron chi connectivity index (χ2n) is 6.30. The number of nitrogens with one attached hydrogen (secondary N) is 2. The van der Waals surface area contributed by atoms with Gasteiger partial charge in [0.1, 0.15) is 11.5 Å². The number of hydrogen-bond acceptors (Lipinski definition) is 5. The first-order valence-electron chi connectivity index (χ1n) is 8.11. The Bertz CT molecular complexity index is 1160. The zero-order valence-corrected chi connectivity index (χ0v) is 14.2. The van der Waals surface area contributed by atoms with Crippen LogP contribution in [0, 0.1) is 6.92 Å². The first kappa shape index (κ1) is 16.1. The molecule has 1 aromatic carbocycles. The predicted octanol–water partition coefficient (Wildman–Crippen LogP) is 1.97. The van der Waals surface area contributed by atoms with E-state index in [0.717, 1.165) is 5.39 Å². The SMILES string of the molecule is COc1ccc2[nH]c(=O)c(C3CC(=O)Oc4cc(C)[nH]c(=O)c43)cc2c1. The van der Waals surface area contributed by atoms with Gasteiger partial charge in [0, 0.05) is 34.1 Å². The number of carbonyl (C=O) groups excluding carboxylic acids is 1. The largest absolute Gasteiger partial charge is 0.497 e. The summed E-state index contributed by atoms with van der Waals surface area (Å²) in [4.78, 5) is 42.7. The number of carbonyl (C=O) groups is 1. The fourth-order valence-corrected chi connectivity index (χ4v) is 3.37. The van der Waals surface area contributed by atoms with E-state index in [4.69, 9.17) is 9.47 Å². The molecule has 0 amide bonds. The molecule has 132 valence electrons. The lowest BCUT2D eigenvalue weighted by Crippen LogP contribution is -2.31. The summed E-state index contributed by atoms with van der Waals surface area (Å²) in [5, 5.41) is 0.753. The molecule has 0 spiro atoms. The molecule has 0 fully saturated rings. The molecule has 1 atom stereocenters. The highest BCUT2D eigenvalue weighted by molar-refractivity contribution is 5.82. The Hall–Kier alpha value is -3.35. The first-order chi connectivity index (χ1) is 12.5. The van der Waals surface area contributed by atoms with Crippen LogP contribution in [0.25, 0.3) is 10.9 Å². The molecule has 3 heterocycles. The number of benzene rings is 1. The quantitative estimate of drug-likeness (QED) is 0.687. The van der Waals surface area contributed by atoms with E-state index in [1.165, 1.54) is 0 Å². The summed E-state index contributed by atoms with van der Waals surface area (Å²) < 4.78 is 10.4. The summed E-state index contributed by atoms with van der Waals surface area (Å²) in [7, 11) is 1.56. The Balaban J connectivity index is 1.96. The molecule has 1 aliphatic heterocycles. The van der Waals surface area contributed by atoms with Gasteiger partial charge in [0.25, 0.3) is 11.1 Å². The van der Waals surface area contributed by atoms with Crippen molar-refractivity contribution in [1.82, 2.24) is 9.97 Å². The summed E-state index contributed by atoms with van der Waals surface area (Å²) in [5.41, 5.74) is 1.17. The number of ether oxygens (including phenoxy) is 2. The van der Waals surface area contributed by atoms with Gasteiger partial charge in [0.2, 0.25) is 0 Å². The van der Waals surface area contributed by atoms with Crippen molar-refractivity contribution in [3.05, 3.63) is 67.9 Å². The lowest BCUT2D eigenvalue weighted by atomic mass is 9.87. The minimum atomic E-state index is -0.671. The van der Waals surface area contributed by atoms with Crippen LogP contribution in [0.1, 0.15) is 29.2 Å². The van der Waals surface area contributed by atoms with Crippen molar-refractivity contribution in [2.75, 3.05) is 7.11 Å². The molecule has 0 bridgehead atoms. The molecule has 3 aromatic rings. The topological polar surface area (TPSA) is 101 Å². The Labute approximate surface area is 147 Å². The van der Waals surface area contributed by atoms with E-state index in [9.17, 15) is 14.4 Å². The molecule has 7 nitrogen and oxygen atoms in total. The van der Waals surface area contributed by atoms with Crippen molar-refractivity contribution in [2.24, 2.45) is 0 Å². The Morgan fingerprint density at radius 2 is 1.88 bits per heavy atom. The Kier molecular flexibility index (Phi) is 3.64. The summed E-state index contributed by atoms with van der Waals surface area (Å²) in [6.45, 7) is 1.70. The van der Waals surface area contributed by atoms with Crippen LogP contribution in [0.5, 0.6) is 11.5 Å². The molecule has 1 unspecified atom stereocenters. The monoisotopic (exact) mass is 352 g/mol. The van der Waals surface area contributed by atoms with E-state index in [-0.39, 0.29) is 23.3 Å². The Morgan fingerprint density at radius 1 is 1.08 bits per heavy atom. The molecule has 1 aliphatic rings. The molecule has 7 heteroatoms. The van der Waals surface area contributed by atoms with Crippen molar-refractivity contribution < 1.29 is 14.3 Å². The number of esters is 1. The van der Waals surface area contributed by atoms with E-state index < -0.39 is 11.9 Å². The number of aryl methyl sites for hydroxylation is 1. The maximum Gasteiger partial charge on any atom is 0.312 e. The average Bonchev–Trinajstić information content (AvgIpc) is 2.59. The summed E-state index contributed by atoms with van der Waals surface area (Å²) in [5.74, 6) is -0.294. The van der Waals surface area contributed by atoms with Crippen LogP contribution in [0.2, 0.25) is 0 Å². The minimum Gasteiger partial charge on any atom is -0.497 e. The van der Waals surface area contributed by atoms with Crippen molar-refractivity contribution in [3.8, 4) is 11.5 Å². The zero-order valence-electron chi connectivity index (χ0n) is 14.2. The third kappa shape index (κ3) is 2.57. The van der Waals surface area contributed by atoms with Gasteiger partial charge in [-0.3, -0.25) is 14.4 Å². The molecular weight excluding hydrogens is 336 g/mol. The van der Waals surface area contributed by atoms with Gasteiger partial charge in [-0.05, 0) is 31.2 Å². The number of methoxy groups -OCH3 is 1. The molecule has 26 heavy (non-hydrogen) atoms. The number of hydrogen-bond donors (Lipinski definition) is 2. The Morgan fingerprint density at radius 3 is 2.65 bits per heavy atom. The number of aromatic nitrogens is 2. The fraction of sp³-hybridized carbons (Fsp3) is 0.211. The van der Waals surface area contributed by atoms with Gasteiger partial charge >= 0.3 is 5.97 Å². The third-order valence-electron chi connectivity index (χ3n) is 4.57. The van der Waals surface area contributed by atoms with Gasteiger partial charge in [-0.2, -0.15) is 0 Å². The van der Waals surface area contributed by atoms with Crippen LogP contribution < -0.4 is 20.6 Å². The molecular formula is C19H16N2O5. The van der Waals surface area contributed by atoms with E-state index in [2.05, 4.69) is 9.97 Å². The third-order valence-corrected chi connectivity index (χ3v) is 4.57. The second kappa shape index (κ2) is 5.87. The fourth-order valence-electron chi connectivity index (χ4n) is 3.37. The van der Waals surface area contributed by atoms with Crippen molar-refractivity contribution >= 4 is 16.9 Å². The molecule has 0 saturated heterocycles. The van der Waals surface area contributed by atoms with E-state index in [1.54, 1.807) is 44.4 Å². The minimum absolute atomic E-state index is 0.0717. The van der Waals surface area contributed by atoms with E-state index in [1.807, 2.05) is 0 Å². The highest BCUT2D eigenvalue weighted by atomic mass is 16.5. The van der Waals surface area contributed by atoms with Crippen LogP contribution in [0.4, 0.5) is 0 Å². The number of H-pyrrole nitrogens is 2. The van der Waals surface area contributed by atoms with Gasteiger partial charge in [-0.1, -0.05) is 0 Å². The van der Waals surface area contributed by atoms with E-state index in [0.29, 0.717) is 28.1 Å². The zero-order chi connectivity index (χ0) is 18.4. The first-order valence-corrected chi connectivity index (χ1v) is 8.11. The van der Waals surface area contributed by atoms with Crippen LogP contribution >= 0.6 is 0 Å². The van der Waals surface area contributed by atoms with Gasteiger partial charge in [0.05, 0.1) is 19.1 Å². The average molecular weight is 352 g/mol. The lowest BCUT2D eigenvalue weighted by molar-refractivity contribution is -0.135. The van der Waals surface area contributed by atoms with Crippen LogP contribution in [-0.2, 0) is 4.79 Å². The number of pyridine rings is 2. The second-order valence-corrected chi connectivity index (χ2v) is 6.30. The lowest BCUT2D eigenvalue weighted by Gasteiger charge is -2.23. The normalized spacial score (nSPS) is 16.2. The van der Waals surface area contributed by atoms with Crippen molar-refractivity contribution in [1.29, 1.82) is 0 Å².